The van der Waals surface area contributed by atoms with Gasteiger partial charge in [-0.15, -0.1) is 0 Å². The van der Waals surface area contributed by atoms with Crippen molar-refractivity contribution in [2.75, 3.05) is 13.2 Å². The van der Waals surface area contributed by atoms with Gasteiger partial charge in [0, 0.05) is 13.1 Å². The molecule has 0 spiro atoms. The van der Waals surface area contributed by atoms with Crippen molar-refractivity contribution in [3.8, 4) is 5.75 Å². The maximum atomic E-state index is 10.7. The van der Waals surface area contributed by atoms with Gasteiger partial charge in [-0.25, -0.2) is 0 Å². The lowest BCUT2D eigenvalue weighted by Crippen LogP contribution is -2.35. The standard InChI is InChI=1S/C27H35NO3/c1-20-8-6-10-26(21(20)2)31-19-24(29)17-28(18-25-9-7-15-30-25)16-22-11-13-23(14-12-22)27(3,4)5/h6-15,24,29H,16-19H2,1-5H3. The molecule has 0 amide bonds. The molecule has 4 nitrogen and oxygen atoms in total. The highest BCUT2D eigenvalue weighted by molar-refractivity contribution is 5.38. The van der Waals surface area contributed by atoms with Crippen LogP contribution in [0.4, 0.5) is 0 Å². The molecule has 3 rings (SSSR count). The fourth-order valence-corrected chi connectivity index (χ4v) is 3.59. The minimum absolute atomic E-state index is 0.133. The Balaban J connectivity index is 1.64. The summed E-state index contributed by atoms with van der Waals surface area (Å²) in [4.78, 5) is 2.20. The molecule has 1 N–H and O–H groups in total. The van der Waals surface area contributed by atoms with Crippen LogP contribution in [0.5, 0.6) is 5.75 Å². The largest absolute Gasteiger partial charge is 0.491 e. The fraction of sp³-hybridized carbons (Fsp3) is 0.407. The van der Waals surface area contributed by atoms with E-state index in [4.69, 9.17) is 9.15 Å². The van der Waals surface area contributed by atoms with Crippen molar-refractivity contribution < 1.29 is 14.3 Å². The Hall–Kier alpha value is -2.56. The normalized spacial score (nSPS) is 12.9. The van der Waals surface area contributed by atoms with Crippen molar-refractivity contribution in [2.24, 2.45) is 0 Å². The van der Waals surface area contributed by atoms with E-state index in [-0.39, 0.29) is 12.0 Å². The third kappa shape index (κ3) is 6.71. The monoisotopic (exact) mass is 421 g/mol. The molecular weight excluding hydrogens is 386 g/mol. The van der Waals surface area contributed by atoms with Crippen molar-refractivity contribution in [2.45, 2.75) is 59.2 Å². The second kappa shape index (κ2) is 10.2. The summed E-state index contributed by atoms with van der Waals surface area (Å²) in [5, 5.41) is 10.7. The van der Waals surface area contributed by atoms with Gasteiger partial charge in [0.15, 0.2) is 0 Å². The summed E-state index contributed by atoms with van der Waals surface area (Å²) in [6.45, 7) is 12.9. The van der Waals surface area contributed by atoms with Gasteiger partial charge in [-0.3, -0.25) is 4.90 Å². The van der Waals surface area contributed by atoms with Gasteiger partial charge < -0.3 is 14.3 Å². The lowest BCUT2D eigenvalue weighted by Gasteiger charge is -2.25. The Morgan fingerprint density at radius 2 is 1.71 bits per heavy atom. The molecule has 0 aliphatic carbocycles. The van der Waals surface area contributed by atoms with E-state index in [0.29, 0.717) is 13.1 Å². The quantitative estimate of drug-likeness (QED) is 0.486. The average Bonchev–Trinajstić information content (AvgIpc) is 3.22. The number of nitrogens with zero attached hydrogens (tertiary/aromatic N) is 1. The number of aliphatic hydroxyl groups excluding tert-OH is 1. The molecule has 0 bridgehead atoms. The number of furan rings is 1. The Morgan fingerprint density at radius 1 is 0.968 bits per heavy atom. The van der Waals surface area contributed by atoms with Crippen LogP contribution in [-0.2, 0) is 18.5 Å². The molecule has 1 atom stereocenters. The molecule has 4 heteroatoms. The molecule has 2 aromatic carbocycles. The number of aryl methyl sites for hydroxylation is 1. The zero-order chi connectivity index (χ0) is 22.4. The zero-order valence-corrected chi connectivity index (χ0v) is 19.4. The summed E-state index contributed by atoms with van der Waals surface area (Å²) in [5.74, 6) is 1.71. The lowest BCUT2D eigenvalue weighted by molar-refractivity contribution is 0.0602. The molecule has 1 aromatic heterocycles. The molecule has 3 aromatic rings. The maximum absolute atomic E-state index is 10.7. The topological polar surface area (TPSA) is 45.8 Å². The van der Waals surface area contributed by atoms with Gasteiger partial charge in [0.05, 0.1) is 12.8 Å². The molecule has 0 radical (unpaired) electrons. The summed E-state index contributed by atoms with van der Waals surface area (Å²) in [6, 6.07) is 18.6. The lowest BCUT2D eigenvalue weighted by atomic mass is 9.87. The molecule has 0 aliphatic heterocycles. The predicted octanol–water partition coefficient (Wildman–Crippen LogP) is 5.64. The highest BCUT2D eigenvalue weighted by atomic mass is 16.5. The minimum atomic E-state index is -0.608. The van der Waals surface area contributed by atoms with Gasteiger partial charge in [0.1, 0.15) is 24.2 Å². The Labute approximate surface area is 186 Å². The summed E-state index contributed by atoms with van der Waals surface area (Å²) < 4.78 is 11.5. The van der Waals surface area contributed by atoms with Crippen LogP contribution in [-0.4, -0.2) is 29.3 Å². The first kappa shape index (κ1) is 23.1. The first-order chi connectivity index (χ1) is 14.7. The Kier molecular flexibility index (Phi) is 7.58. The van der Waals surface area contributed by atoms with E-state index in [1.54, 1.807) is 6.26 Å². The summed E-state index contributed by atoms with van der Waals surface area (Å²) in [6.07, 6.45) is 1.08. The number of aliphatic hydroxyl groups is 1. The van der Waals surface area contributed by atoms with Crippen LogP contribution in [0.3, 0.4) is 0 Å². The molecule has 0 saturated heterocycles. The van der Waals surface area contributed by atoms with Gasteiger partial charge in [0.2, 0.25) is 0 Å². The zero-order valence-electron chi connectivity index (χ0n) is 19.4. The highest BCUT2D eigenvalue weighted by Crippen LogP contribution is 2.23. The van der Waals surface area contributed by atoms with E-state index in [1.807, 2.05) is 31.2 Å². The van der Waals surface area contributed by atoms with E-state index in [0.717, 1.165) is 23.6 Å². The number of rotatable bonds is 9. The average molecular weight is 422 g/mol. The minimum Gasteiger partial charge on any atom is -0.491 e. The first-order valence-corrected chi connectivity index (χ1v) is 10.9. The second-order valence-electron chi connectivity index (χ2n) is 9.36. The van der Waals surface area contributed by atoms with Gasteiger partial charge >= 0.3 is 0 Å². The van der Waals surface area contributed by atoms with E-state index in [2.05, 4.69) is 62.9 Å². The Morgan fingerprint density at radius 3 is 2.35 bits per heavy atom. The van der Waals surface area contributed by atoms with Gasteiger partial charge in [-0.05, 0) is 59.7 Å². The van der Waals surface area contributed by atoms with Crippen LogP contribution in [0, 0.1) is 13.8 Å². The van der Waals surface area contributed by atoms with Crippen LogP contribution in [0.1, 0.15) is 48.8 Å². The summed E-state index contributed by atoms with van der Waals surface area (Å²) >= 11 is 0. The number of hydrogen-bond acceptors (Lipinski definition) is 4. The number of hydrogen-bond donors (Lipinski definition) is 1. The summed E-state index contributed by atoms with van der Waals surface area (Å²) in [7, 11) is 0. The molecule has 0 fully saturated rings. The van der Waals surface area contributed by atoms with Crippen molar-refractivity contribution >= 4 is 0 Å². The van der Waals surface area contributed by atoms with Gasteiger partial charge in [-0.1, -0.05) is 57.2 Å². The fourth-order valence-electron chi connectivity index (χ4n) is 3.59. The van der Waals surface area contributed by atoms with Gasteiger partial charge in [0.25, 0.3) is 0 Å². The Bertz CT molecular complexity index is 940. The van der Waals surface area contributed by atoms with Crippen LogP contribution in [0.2, 0.25) is 0 Å². The van der Waals surface area contributed by atoms with E-state index in [1.165, 1.54) is 16.7 Å². The van der Waals surface area contributed by atoms with E-state index >= 15 is 0 Å². The van der Waals surface area contributed by atoms with Crippen LogP contribution in [0.25, 0.3) is 0 Å². The second-order valence-corrected chi connectivity index (χ2v) is 9.36. The van der Waals surface area contributed by atoms with E-state index < -0.39 is 6.10 Å². The SMILES string of the molecule is Cc1cccc(OCC(O)CN(Cc2ccc(C(C)(C)C)cc2)Cc2ccco2)c1C. The molecule has 31 heavy (non-hydrogen) atoms. The molecule has 1 heterocycles. The van der Waals surface area contributed by atoms with Gasteiger partial charge in [-0.2, -0.15) is 0 Å². The van der Waals surface area contributed by atoms with Crippen LogP contribution >= 0.6 is 0 Å². The molecule has 166 valence electrons. The predicted molar refractivity (Wildman–Crippen MR) is 125 cm³/mol. The molecule has 1 unspecified atom stereocenters. The molecule has 0 saturated carbocycles. The number of benzene rings is 2. The van der Waals surface area contributed by atoms with Crippen LogP contribution in [0.15, 0.2) is 65.3 Å². The van der Waals surface area contributed by atoms with Crippen LogP contribution < -0.4 is 4.74 Å². The van der Waals surface area contributed by atoms with Crippen molar-refractivity contribution in [3.05, 3.63) is 88.9 Å². The third-order valence-electron chi connectivity index (χ3n) is 5.64. The highest BCUT2D eigenvalue weighted by Gasteiger charge is 2.17. The van der Waals surface area contributed by atoms with Crippen molar-refractivity contribution in [1.82, 2.24) is 4.90 Å². The maximum Gasteiger partial charge on any atom is 0.122 e. The van der Waals surface area contributed by atoms with E-state index in [9.17, 15) is 5.11 Å². The van der Waals surface area contributed by atoms with Crippen molar-refractivity contribution in [1.29, 1.82) is 0 Å². The van der Waals surface area contributed by atoms with Crippen molar-refractivity contribution in [3.63, 3.8) is 0 Å². The number of ether oxygens (including phenoxy) is 1. The molecular formula is C27H35NO3. The summed E-state index contributed by atoms with van der Waals surface area (Å²) in [5.41, 5.74) is 4.96. The third-order valence-corrected chi connectivity index (χ3v) is 5.64. The smallest absolute Gasteiger partial charge is 0.122 e. The molecule has 0 aliphatic rings. The first-order valence-electron chi connectivity index (χ1n) is 10.9.